The van der Waals surface area contributed by atoms with E-state index in [-0.39, 0.29) is 17.7 Å². The van der Waals surface area contributed by atoms with Crippen molar-refractivity contribution < 1.29 is 14.4 Å². The fourth-order valence-electron chi connectivity index (χ4n) is 2.76. The van der Waals surface area contributed by atoms with Gasteiger partial charge in [-0.1, -0.05) is 13.0 Å². The zero-order chi connectivity index (χ0) is 18.4. The van der Waals surface area contributed by atoms with Crippen molar-refractivity contribution in [3.05, 3.63) is 24.3 Å². The fraction of sp³-hybridized carbons (Fsp3) is 0.500. The Labute approximate surface area is 148 Å². The lowest BCUT2D eigenvalue weighted by Gasteiger charge is -2.24. The summed E-state index contributed by atoms with van der Waals surface area (Å²) in [5.41, 5.74) is 1.39. The zero-order valence-electron chi connectivity index (χ0n) is 15.0. The van der Waals surface area contributed by atoms with E-state index in [4.69, 9.17) is 0 Å². The normalized spacial score (nSPS) is 17.6. The lowest BCUT2D eigenvalue weighted by molar-refractivity contribution is -0.133. The average Bonchev–Trinajstić information content (AvgIpc) is 2.55. The lowest BCUT2D eigenvalue weighted by atomic mass is 10.1. The number of hydrogen-bond donors (Lipinski definition) is 3. The molecule has 25 heavy (non-hydrogen) atoms. The third-order valence-corrected chi connectivity index (χ3v) is 4.21. The standard InChI is InChI=1S/C18H26N4O3/c1-4-22(12(2)3)11-17(24)20-14-7-5-6-13(10-14)19-15-8-9-16(23)21-18(15)25/h5-7,10,12,15,19H,4,8-9,11H2,1-3H3,(H,20,24)(H,21,23,25). The van der Waals surface area contributed by atoms with E-state index >= 15 is 0 Å². The summed E-state index contributed by atoms with van der Waals surface area (Å²) >= 11 is 0. The van der Waals surface area contributed by atoms with Crippen LogP contribution in [0.3, 0.4) is 0 Å². The second-order valence-electron chi connectivity index (χ2n) is 6.43. The number of amides is 3. The van der Waals surface area contributed by atoms with E-state index < -0.39 is 6.04 Å². The Hall–Kier alpha value is -2.41. The van der Waals surface area contributed by atoms with Gasteiger partial charge in [-0.25, -0.2) is 0 Å². The van der Waals surface area contributed by atoms with Crippen LogP contribution >= 0.6 is 0 Å². The number of imide groups is 1. The summed E-state index contributed by atoms with van der Waals surface area (Å²) in [6.07, 6.45) is 0.781. The van der Waals surface area contributed by atoms with Crippen LogP contribution in [0.15, 0.2) is 24.3 Å². The first-order valence-electron chi connectivity index (χ1n) is 8.63. The molecule has 1 saturated heterocycles. The van der Waals surface area contributed by atoms with Gasteiger partial charge in [0.05, 0.1) is 6.54 Å². The van der Waals surface area contributed by atoms with Crippen LogP contribution in [-0.2, 0) is 14.4 Å². The first-order chi connectivity index (χ1) is 11.9. The van der Waals surface area contributed by atoms with Gasteiger partial charge in [0.25, 0.3) is 0 Å². The molecule has 1 fully saturated rings. The highest BCUT2D eigenvalue weighted by Gasteiger charge is 2.26. The Morgan fingerprint density at radius 3 is 2.68 bits per heavy atom. The lowest BCUT2D eigenvalue weighted by Crippen LogP contribution is -2.47. The minimum atomic E-state index is -0.444. The van der Waals surface area contributed by atoms with Crippen molar-refractivity contribution in [1.82, 2.24) is 10.2 Å². The molecule has 7 nitrogen and oxygen atoms in total. The molecule has 1 unspecified atom stereocenters. The zero-order valence-corrected chi connectivity index (χ0v) is 15.0. The van der Waals surface area contributed by atoms with Crippen LogP contribution in [0.25, 0.3) is 0 Å². The van der Waals surface area contributed by atoms with Gasteiger partial charge in [0, 0.05) is 23.8 Å². The number of hydrogen-bond acceptors (Lipinski definition) is 5. The maximum absolute atomic E-state index is 12.2. The molecule has 7 heteroatoms. The Bertz CT molecular complexity index is 645. The van der Waals surface area contributed by atoms with Crippen molar-refractivity contribution >= 4 is 29.1 Å². The van der Waals surface area contributed by atoms with E-state index in [0.29, 0.717) is 31.1 Å². The van der Waals surface area contributed by atoms with Gasteiger partial charge in [0.1, 0.15) is 6.04 Å². The van der Waals surface area contributed by atoms with Gasteiger partial charge in [-0.3, -0.25) is 24.6 Å². The van der Waals surface area contributed by atoms with Crippen molar-refractivity contribution in [2.75, 3.05) is 23.7 Å². The molecule has 1 aromatic rings. The quantitative estimate of drug-likeness (QED) is 0.652. The Morgan fingerprint density at radius 1 is 1.32 bits per heavy atom. The third kappa shape index (κ3) is 5.56. The van der Waals surface area contributed by atoms with Crippen molar-refractivity contribution in [2.45, 2.75) is 45.7 Å². The molecule has 2 rings (SSSR count). The van der Waals surface area contributed by atoms with E-state index in [2.05, 4.69) is 34.7 Å². The minimum absolute atomic E-state index is 0.0753. The molecule has 0 aromatic heterocycles. The van der Waals surface area contributed by atoms with Gasteiger partial charge >= 0.3 is 0 Å². The van der Waals surface area contributed by atoms with Crippen LogP contribution in [0.1, 0.15) is 33.6 Å². The fourth-order valence-corrected chi connectivity index (χ4v) is 2.76. The largest absolute Gasteiger partial charge is 0.374 e. The van der Waals surface area contributed by atoms with Crippen molar-refractivity contribution in [3.8, 4) is 0 Å². The highest BCUT2D eigenvalue weighted by atomic mass is 16.2. The number of carbonyl (C=O) groups excluding carboxylic acids is 3. The molecule has 0 saturated carbocycles. The second-order valence-corrected chi connectivity index (χ2v) is 6.43. The van der Waals surface area contributed by atoms with E-state index in [1.165, 1.54) is 0 Å². The summed E-state index contributed by atoms with van der Waals surface area (Å²) in [4.78, 5) is 37.3. The van der Waals surface area contributed by atoms with E-state index in [1.54, 1.807) is 12.1 Å². The number of benzene rings is 1. The smallest absolute Gasteiger partial charge is 0.249 e. The van der Waals surface area contributed by atoms with Crippen LogP contribution in [0, 0.1) is 0 Å². The summed E-state index contributed by atoms with van der Waals surface area (Å²) in [5, 5.41) is 8.31. The topological polar surface area (TPSA) is 90.5 Å². The minimum Gasteiger partial charge on any atom is -0.374 e. The maximum Gasteiger partial charge on any atom is 0.249 e. The van der Waals surface area contributed by atoms with Gasteiger partial charge < -0.3 is 10.6 Å². The summed E-state index contributed by atoms with van der Waals surface area (Å²) in [6.45, 7) is 7.28. The molecular weight excluding hydrogens is 320 g/mol. The van der Waals surface area contributed by atoms with Crippen LogP contribution in [0.4, 0.5) is 11.4 Å². The predicted molar refractivity (Wildman–Crippen MR) is 97.2 cm³/mol. The van der Waals surface area contributed by atoms with E-state index in [0.717, 1.165) is 12.2 Å². The molecule has 0 aliphatic carbocycles. The number of carbonyl (C=O) groups is 3. The molecule has 1 atom stereocenters. The van der Waals surface area contributed by atoms with Gasteiger partial charge in [0.2, 0.25) is 17.7 Å². The van der Waals surface area contributed by atoms with Crippen LogP contribution in [0.5, 0.6) is 0 Å². The SMILES string of the molecule is CCN(CC(=O)Nc1cccc(NC2CCC(=O)NC2=O)c1)C(C)C. The molecule has 0 spiro atoms. The number of likely N-dealkylation sites (N-methyl/N-ethyl adjacent to an activating group) is 1. The van der Waals surface area contributed by atoms with E-state index in [1.807, 2.05) is 19.1 Å². The number of anilines is 2. The third-order valence-electron chi connectivity index (χ3n) is 4.21. The Kier molecular flexibility index (Phi) is 6.52. The monoisotopic (exact) mass is 346 g/mol. The van der Waals surface area contributed by atoms with E-state index in [9.17, 15) is 14.4 Å². The molecular formula is C18H26N4O3. The van der Waals surface area contributed by atoms with Gasteiger partial charge in [-0.15, -0.1) is 0 Å². The van der Waals surface area contributed by atoms with Crippen molar-refractivity contribution in [3.63, 3.8) is 0 Å². The van der Waals surface area contributed by atoms with Crippen LogP contribution in [-0.4, -0.2) is 47.8 Å². The highest BCUT2D eigenvalue weighted by molar-refractivity contribution is 6.01. The Balaban J connectivity index is 1.95. The van der Waals surface area contributed by atoms with Crippen LogP contribution in [0.2, 0.25) is 0 Å². The van der Waals surface area contributed by atoms with Crippen LogP contribution < -0.4 is 16.0 Å². The Morgan fingerprint density at radius 2 is 2.04 bits per heavy atom. The maximum atomic E-state index is 12.2. The molecule has 0 bridgehead atoms. The number of nitrogens with zero attached hydrogens (tertiary/aromatic N) is 1. The summed E-state index contributed by atoms with van der Waals surface area (Å²) in [5.74, 6) is -0.635. The van der Waals surface area contributed by atoms with Crippen molar-refractivity contribution in [1.29, 1.82) is 0 Å². The molecule has 1 aromatic carbocycles. The first kappa shape index (κ1) is 18.9. The number of rotatable bonds is 7. The second kappa shape index (κ2) is 8.62. The molecule has 0 radical (unpaired) electrons. The molecule has 1 heterocycles. The summed E-state index contributed by atoms with van der Waals surface area (Å²) < 4.78 is 0. The molecule has 1 aliphatic rings. The molecule has 3 N–H and O–H groups in total. The highest BCUT2D eigenvalue weighted by Crippen LogP contribution is 2.18. The van der Waals surface area contributed by atoms with Gasteiger partial charge in [-0.2, -0.15) is 0 Å². The summed E-state index contributed by atoms with van der Waals surface area (Å²) in [7, 11) is 0. The molecule has 136 valence electrons. The molecule has 1 aliphatic heterocycles. The number of nitrogens with one attached hydrogen (secondary N) is 3. The van der Waals surface area contributed by atoms with Crippen molar-refractivity contribution in [2.24, 2.45) is 0 Å². The predicted octanol–water partition coefficient (Wildman–Crippen LogP) is 1.57. The summed E-state index contributed by atoms with van der Waals surface area (Å²) in [6, 6.07) is 7.08. The number of piperidine rings is 1. The van der Waals surface area contributed by atoms with Gasteiger partial charge in [-0.05, 0) is 45.0 Å². The molecule has 3 amide bonds. The first-order valence-corrected chi connectivity index (χ1v) is 8.63. The average molecular weight is 346 g/mol. The van der Waals surface area contributed by atoms with Gasteiger partial charge in [0.15, 0.2) is 0 Å².